The van der Waals surface area contributed by atoms with Gasteiger partial charge in [0.1, 0.15) is 0 Å². The summed E-state index contributed by atoms with van der Waals surface area (Å²) >= 11 is 9.11. The van der Waals surface area contributed by atoms with Crippen LogP contribution in [0.15, 0.2) is 48.5 Å². The maximum absolute atomic E-state index is 5.21. The molecular formula is C14H16O2P2S3. The van der Waals surface area contributed by atoms with Crippen LogP contribution < -0.4 is 20.1 Å². The molecule has 0 aliphatic carbocycles. The standard InChI is InChI=1S/C14H16O2P2S3/c1-15-11-3-7-13(8-4-11)17-20-18(19,21-17)14-9-5-12(16-2)6-10-14/h3-10,18-19H,1-2H3. The van der Waals surface area contributed by atoms with Gasteiger partial charge in [0.05, 0.1) is 0 Å². The fourth-order valence-corrected chi connectivity index (χ4v) is 31.9. The van der Waals surface area contributed by atoms with Gasteiger partial charge in [0.2, 0.25) is 0 Å². The molecule has 1 heterocycles. The predicted molar refractivity (Wildman–Crippen MR) is 105 cm³/mol. The van der Waals surface area contributed by atoms with E-state index in [1.807, 2.05) is 24.3 Å². The van der Waals surface area contributed by atoms with Gasteiger partial charge < -0.3 is 0 Å². The Morgan fingerprint density at radius 3 is 1.81 bits per heavy atom. The summed E-state index contributed by atoms with van der Waals surface area (Å²) in [7, 11) is 3.39. The van der Waals surface area contributed by atoms with E-state index in [-0.39, 0.29) is 6.33 Å². The van der Waals surface area contributed by atoms with Gasteiger partial charge in [0, 0.05) is 0 Å². The molecule has 0 aromatic heterocycles. The average molecular weight is 374 g/mol. The van der Waals surface area contributed by atoms with Crippen molar-refractivity contribution in [1.29, 1.82) is 0 Å². The molecule has 1 aliphatic heterocycles. The van der Waals surface area contributed by atoms with Crippen molar-refractivity contribution in [1.82, 2.24) is 0 Å². The van der Waals surface area contributed by atoms with Crippen LogP contribution in [0.2, 0.25) is 0 Å². The van der Waals surface area contributed by atoms with Crippen molar-refractivity contribution in [2.75, 3.05) is 14.2 Å². The number of benzene rings is 2. The van der Waals surface area contributed by atoms with E-state index in [4.69, 9.17) is 21.7 Å². The number of ether oxygens (including phenoxy) is 2. The van der Waals surface area contributed by atoms with Crippen molar-refractivity contribution in [3.8, 4) is 11.5 Å². The maximum atomic E-state index is 5.21. The Labute approximate surface area is 139 Å². The van der Waals surface area contributed by atoms with Gasteiger partial charge in [-0.05, 0) is 0 Å². The summed E-state index contributed by atoms with van der Waals surface area (Å²) in [4.78, 5) is -1.71. The molecule has 1 saturated heterocycles. The van der Waals surface area contributed by atoms with E-state index in [9.17, 15) is 0 Å². The second-order valence-electron chi connectivity index (χ2n) is 4.45. The minimum absolute atomic E-state index is 0.201. The Hall–Kier alpha value is -0.0500. The molecule has 1 fully saturated rings. The van der Waals surface area contributed by atoms with Crippen molar-refractivity contribution >= 4 is 56.1 Å². The molecule has 112 valence electrons. The zero-order valence-electron chi connectivity index (χ0n) is 11.6. The molecule has 0 bridgehead atoms. The molecule has 3 rings (SSSR count). The number of hydrogen-bond acceptors (Lipinski definition) is 5. The molecule has 2 nitrogen and oxygen atoms in total. The van der Waals surface area contributed by atoms with Crippen molar-refractivity contribution in [3.05, 3.63) is 48.5 Å². The van der Waals surface area contributed by atoms with E-state index in [0.717, 1.165) is 11.5 Å². The number of methoxy groups -OCH3 is 2. The molecule has 0 spiro atoms. The van der Waals surface area contributed by atoms with E-state index in [1.54, 1.807) is 14.2 Å². The predicted octanol–water partition coefficient (Wildman–Crippen LogP) is 4.87. The molecule has 7 heteroatoms. The first-order valence-electron chi connectivity index (χ1n) is 6.34. The molecule has 1 aliphatic rings. The van der Waals surface area contributed by atoms with E-state index in [1.165, 1.54) is 10.6 Å². The van der Waals surface area contributed by atoms with E-state index in [0.29, 0.717) is 0 Å². The molecule has 0 saturated carbocycles. The molecule has 0 unspecified atom stereocenters. The minimum atomic E-state index is -1.71. The Morgan fingerprint density at radius 1 is 0.857 bits per heavy atom. The third-order valence-electron chi connectivity index (χ3n) is 3.15. The van der Waals surface area contributed by atoms with Crippen molar-refractivity contribution in [2.24, 2.45) is 0 Å². The van der Waals surface area contributed by atoms with Crippen molar-refractivity contribution in [2.45, 2.75) is 0 Å². The van der Waals surface area contributed by atoms with Crippen LogP contribution >= 0.6 is 45.4 Å². The zero-order chi connectivity index (χ0) is 14.9. The average Bonchev–Trinajstić information content (AvgIpc) is 2.52. The van der Waals surface area contributed by atoms with Gasteiger partial charge in [-0.2, -0.15) is 0 Å². The Bertz CT molecular complexity index is 613. The number of hydrogen-bond donors (Lipinski definition) is 1. The van der Waals surface area contributed by atoms with Crippen LogP contribution in [0.5, 0.6) is 11.5 Å². The first-order chi connectivity index (χ1) is 10.1. The van der Waals surface area contributed by atoms with Crippen LogP contribution in [0.25, 0.3) is 0 Å². The van der Waals surface area contributed by atoms with Crippen LogP contribution in [0.3, 0.4) is 0 Å². The summed E-state index contributed by atoms with van der Waals surface area (Å²) in [5.74, 6) is 1.81. The Morgan fingerprint density at radius 2 is 1.33 bits per heavy atom. The van der Waals surface area contributed by atoms with Crippen molar-refractivity contribution < 1.29 is 9.47 Å². The van der Waals surface area contributed by atoms with Gasteiger partial charge in [-0.15, -0.1) is 0 Å². The van der Waals surface area contributed by atoms with Crippen LogP contribution in [0.4, 0.5) is 0 Å². The van der Waals surface area contributed by atoms with Gasteiger partial charge >= 0.3 is 140 Å². The third kappa shape index (κ3) is 3.33. The third-order valence-corrected chi connectivity index (χ3v) is 31.6. The van der Waals surface area contributed by atoms with Gasteiger partial charge in [0.15, 0.2) is 0 Å². The van der Waals surface area contributed by atoms with E-state index in [2.05, 4.69) is 46.3 Å². The molecular weight excluding hydrogens is 358 g/mol. The molecule has 0 N–H and O–H groups in total. The SMILES string of the molecule is COc1ccc(P2S[PH](S)(c3ccc(OC)cc3)S2)cc1. The molecule has 0 amide bonds. The summed E-state index contributed by atoms with van der Waals surface area (Å²) in [5.41, 5.74) is 0. The molecule has 0 atom stereocenters. The topological polar surface area (TPSA) is 18.5 Å². The number of thiol groups is 1. The molecule has 2 aromatic carbocycles. The van der Waals surface area contributed by atoms with Crippen LogP contribution in [-0.4, -0.2) is 14.2 Å². The molecule has 21 heavy (non-hydrogen) atoms. The summed E-state index contributed by atoms with van der Waals surface area (Å²) in [5, 5.41) is 2.75. The normalized spacial score (nSPS) is 21.2. The summed E-state index contributed by atoms with van der Waals surface area (Å²) in [6.07, 6.45) is -0.201. The summed E-state index contributed by atoms with van der Waals surface area (Å²) in [6.45, 7) is 0. The van der Waals surface area contributed by atoms with Gasteiger partial charge in [0.25, 0.3) is 0 Å². The van der Waals surface area contributed by atoms with Crippen LogP contribution in [0, 0.1) is 0 Å². The first-order valence-corrected chi connectivity index (χ1v) is 15.3. The molecule has 0 radical (unpaired) electrons. The summed E-state index contributed by atoms with van der Waals surface area (Å²) < 4.78 is 10.4. The first kappa shape index (κ1) is 15.8. The Kier molecular flexibility index (Phi) is 4.97. The fraction of sp³-hybridized carbons (Fsp3) is 0.143. The van der Waals surface area contributed by atoms with Crippen LogP contribution in [0.1, 0.15) is 0 Å². The van der Waals surface area contributed by atoms with Gasteiger partial charge in [-0.25, -0.2) is 0 Å². The number of rotatable bonds is 4. The van der Waals surface area contributed by atoms with E-state index < -0.39 is 4.87 Å². The Balaban J connectivity index is 1.70. The van der Waals surface area contributed by atoms with E-state index >= 15 is 0 Å². The fourth-order valence-electron chi connectivity index (χ4n) is 1.95. The van der Waals surface area contributed by atoms with Crippen molar-refractivity contribution in [3.63, 3.8) is 0 Å². The zero-order valence-corrected chi connectivity index (χ0v) is 16.1. The molecule has 2 aromatic rings. The quantitative estimate of drug-likeness (QED) is 0.608. The summed E-state index contributed by atoms with van der Waals surface area (Å²) in [6, 6.07) is 16.8. The van der Waals surface area contributed by atoms with Crippen LogP contribution in [-0.2, 0) is 0 Å². The monoisotopic (exact) mass is 374 g/mol. The van der Waals surface area contributed by atoms with Gasteiger partial charge in [-0.1, -0.05) is 0 Å². The van der Waals surface area contributed by atoms with Gasteiger partial charge in [-0.3, -0.25) is 0 Å². The second-order valence-corrected chi connectivity index (χ2v) is 23.1. The second kappa shape index (κ2) is 6.60.